The smallest absolute Gasteiger partial charge is 0.165 e. The SMILES string of the molecule is COc1cc(-c2nc(N)c(I)c(C(C)C)n2)ccc1F. The van der Waals surface area contributed by atoms with E-state index in [9.17, 15) is 4.39 Å². The van der Waals surface area contributed by atoms with Crippen molar-refractivity contribution in [3.05, 3.63) is 33.3 Å². The molecule has 106 valence electrons. The zero-order valence-electron chi connectivity index (χ0n) is 11.4. The predicted molar refractivity (Wildman–Crippen MR) is 85.2 cm³/mol. The van der Waals surface area contributed by atoms with Crippen molar-refractivity contribution in [1.82, 2.24) is 9.97 Å². The van der Waals surface area contributed by atoms with Gasteiger partial charge in [-0.25, -0.2) is 14.4 Å². The largest absolute Gasteiger partial charge is 0.494 e. The Balaban J connectivity index is 2.58. The van der Waals surface area contributed by atoms with Crippen molar-refractivity contribution in [1.29, 1.82) is 0 Å². The lowest BCUT2D eigenvalue weighted by molar-refractivity contribution is 0.386. The Hall–Kier alpha value is -1.44. The van der Waals surface area contributed by atoms with Crippen LogP contribution in [0.5, 0.6) is 5.75 Å². The van der Waals surface area contributed by atoms with Crippen molar-refractivity contribution < 1.29 is 9.13 Å². The van der Waals surface area contributed by atoms with Gasteiger partial charge in [0.1, 0.15) is 5.82 Å². The molecule has 20 heavy (non-hydrogen) atoms. The normalized spacial score (nSPS) is 10.9. The Morgan fingerprint density at radius 3 is 2.60 bits per heavy atom. The van der Waals surface area contributed by atoms with Crippen molar-refractivity contribution >= 4 is 28.4 Å². The molecule has 1 heterocycles. The number of nitrogen functional groups attached to an aromatic ring is 1. The predicted octanol–water partition coefficient (Wildman–Crippen LogP) is 3.60. The number of anilines is 1. The van der Waals surface area contributed by atoms with Crippen LogP contribution >= 0.6 is 22.6 Å². The molecule has 4 nitrogen and oxygen atoms in total. The van der Waals surface area contributed by atoms with E-state index in [1.54, 1.807) is 12.1 Å². The molecule has 0 aliphatic rings. The van der Waals surface area contributed by atoms with E-state index < -0.39 is 5.82 Å². The van der Waals surface area contributed by atoms with E-state index in [0.29, 0.717) is 17.2 Å². The van der Waals surface area contributed by atoms with Crippen LogP contribution in [0.25, 0.3) is 11.4 Å². The first-order valence-electron chi connectivity index (χ1n) is 6.10. The Morgan fingerprint density at radius 1 is 1.30 bits per heavy atom. The highest BCUT2D eigenvalue weighted by molar-refractivity contribution is 14.1. The molecule has 2 rings (SSSR count). The van der Waals surface area contributed by atoms with E-state index >= 15 is 0 Å². The molecule has 0 aliphatic carbocycles. The van der Waals surface area contributed by atoms with Crippen LogP contribution in [-0.4, -0.2) is 17.1 Å². The summed E-state index contributed by atoms with van der Waals surface area (Å²) in [5.41, 5.74) is 7.49. The summed E-state index contributed by atoms with van der Waals surface area (Å²) in [7, 11) is 1.42. The molecule has 2 N–H and O–H groups in total. The lowest BCUT2D eigenvalue weighted by atomic mass is 10.1. The second kappa shape index (κ2) is 5.90. The molecule has 0 fully saturated rings. The molecule has 0 saturated carbocycles. The highest BCUT2D eigenvalue weighted by Gasteiger charge is 2.15. The Bertz CT molecular complexity index is 647. The Kier molecular flexibility index (Phi) is 4.42. The second-order valence-electron chi connectivity index (χ2n) is 4.64. The van der Waals surface area contributed by atoms with E-state index in [1.807, 2.05) is 13.8 Å². The molecule has 0 unspecified atom stereocenters. The molecular weight excluding hydrogens is 372 g/mol. The molecular formula is C14H15FIN3O. The second-order valence-corrected chi connectivity index (χ2v) is 5.71. The third-order valence-electron chi connectivity index (χ3n) is 2.86. The highest BCUT2D eigenvalue weighted by Crippen LogP contribution is 2.29. The van der Waals surface area contributed by atoms with Crippen LogP contribution in [0, 0.1) is 9.39 Å². The number of benzene rings is 1. The van der Waals surface area contributed by atoms with Crippen LogP contribution in [-0.2, 0) is 0 Å². The number of nitrogens with two attached hydrogens (primary N) is 1. The van der Waals surface area contributed by atoms with Crippen molar-refractivity contribution in [3.8, 4) is 17.1 Å². The first kappa shape index (κ1) is 15.0. The van der Waals surface area contributed by atoms with Gasteiger partial charge < -0.3 is 10.5 Å². The van der Waals surface area contributed by atoms with Gasteiger partial charge in [-0.05, 0) is 46.7 Å². The monoisotopic (exact) mass is 387 g/mol. The average Bonchev–Trinajstić information content (AvgIpc) is 2.42. The minimum Gasteiger partial charge on any atom is -0.494 e. The number of aromatic nitrogens is 2. The van der Waals surface area contributed by atoms with Crippen molar-refractivity contribution in [2.75, 3.05) is 12.8 Å². The van der Waals surface area contributed by atoms with Gasteiger partial charge in [-0.15, -0.1) is 0 Å². The summed E-state index contributed by atoms with van der Waals surface area (Å²) in [6.45, 7) is 4.08. The maximum atomic E-state index is 13.4. The van der Waals surface area contributed by atoms with Crippen LogP contribution in [0.2, 0.25) is 0 Å². The Labute approximate surface area is 130 Å². The van der Waals surface area contributed by atoms with Crippen molar-refractivity contribution in [2.45, 2.75) is 19.8 Å². The van der Waals surface area contributed by atoms with Gasteiger partial charge in [0.2, 0.25) is 0 Å². The molecule has 0 radical (unpaired) electrons. The van der Waals surface area contributed by atoms with Gasteiger partial charge in [-0.3, -0.25) is 0 Å². The van der Waals surface area contributed by atoms with Gasteiger partial charge in [-0.1, -0.05) is 13.8 Å². The molecule has 0 saturated heterocycles. The summed E-state index contributed by atoms with van der Waals surface area (Å²) < 4.78 is 19.3. The third-order valence-corrected chi connectivity index (χ3v) is 3.96. The number of halogens is 2. The summed E-state index contributed by atoms with van der Waals surface area (Å²) in [5.74, 6) is 0.883. The first-order valence-corrected chi connectivity index (χ1v) is 7.18. The van der Waals surface area contributed by atoms with Crippen LogP contribution in [0.15, 0.2) is 18.2 Å². The number of ether oxygens (including phenoxy) is 1. The van der Waals surface area contributed by atoms with Gasteiger partial charge in [-0.2, -0.15) is 0 Å². The quantitative estimate of drug-likeness (QED) is 0.818. The van der Waals surface area contributed by atoms with E-state index in [0.717, 1.165) is 9.26 Å². The third kappa shape index (κ3) is 2.84. The maximum absolute atomic E-state index is 13.4. The van der Waals surface area contributed by atoms with Gasteiger partial charge in [0.05, 0.1) is 16.4 Å². The average molecular weight is 387 g/mol. The molecule has 0 spiro atoms. The maximum Gasteiger partial charge on any atom is 0.165 e. The molecule has 1 aromatic heterocycles. The van der Waals surface area contributed by atoms with Crippen LogP contribution in [0.4, 0.5) is 10.2 Å². The van der Waals surface area contributed by atoms with E-state index in [2.05, 4.69) is 32.6 Å². The number of rotatable bonds is 3. The lowest BCUT2D eigenvalue weighted by Crippen LogP contribution is -2.06. The number of methoxy groups -OCH3 is 1. The van der Waals surface area contributed by atoms with E-state index in [4.69, 9.17) is 10.5 Å². The fourth-order valence-electron chi connectivity index (χ4n) is 1.79. The van der Waals surface area contributed by atoms with E-state index in [1.165, 1.54) is 13.2 Å². The minimum absolute atomic E-state index is 0.161. The zero-order chi connectivity index (χ0) is 14.9. The number of nitrogens with zero attached hydrogens (tertiary/aromatic N) is 2. The molecule has 0 bridgehead atoms. The molecule has 0 aliphatic heterocycles. The lowest BCUT2D eigenvalue weighted by Gasteiger charge is -2.12. The van der Waals surface area contributed by atoms with Gasteiger partial charge >= 0.3 is 0 Å². The van der Waals surface area contributed by atoms with E-state index in [-0.39, 0.29) is 11.7 Å². The number of hydrogen-bond acceptors (Lipinski definition) is 4. The fraction of sp³-hybridized carbons (Fsp3) is 0.286. The van der Waals surface area contributed by atoms with Crippen molar-refractivity contribution in [3.63, 3.8) is 0 Å². The summed E-state index contributed by atoms with van der Waals surface area (Å²) in [4.78, 5) is 8.80. The Morgan fingerprint density at radius 2 is 2.00 bits per heavy atom. The highest BCUT2D eigenvalue weighted by atomic mass is 127. The van der Waals surface area contributed by atoms with Crippen LogP contribution in [0.1, 0.15) is 25.5 Å². The first-order chi connectivity index (χ1) is 9.43. The molecule has 1 aromatic carbocycles. The molecule has 6 heteroatoms. The summed E-state index contributed by atoms with van der Waals surface area (Å²) in [6.07, 6.45) is 0. The van der Waals surface area contributed by atoms with Crippen LogP contribution < -0.4 is 10.5 Å². The fourth-order valence-corrected chi connectivity index (χ4v) is 2.66. The van der Waals surface area contributed by atoms with Gasteiger partial charge in [0, 0.05) is 5.56 Å². The standard InChI is InChI=1S/C14H15FIN3O/c1-7(2)12-11(16)13(17)19-14(18-12)8-4-5-9(15)10(6-8)20-3/h4-7H,1-3H3,(H2,17,18,19). The molecule has 2 aromatic rings. The minimum atomic E-state index is -0.418. The van der Waals surface area contributed by atoms with Gasteiger partial charge in [0.25, 0.3) is 0 Å². The molecule has 0 amide bonds. The van der Waals surface area contributed by atoms with Gasteiger partial charge in [0.15, 0.2) is 17.4 Å². The number of hydrogen-bond donors (Lipinski definition) is 1. The van der Waals surface area contributed by atoms with Crippen molar-refractivity contribution in [2.24, 2.45) is 0 Å². The summed E-state index contributed by atoms with van der Waals surface area (Å²) >= 11 is 2.14. The zero-order valence-corrected chi connectivity index (χ0v) is 13.6. The molecule has 0 atom stereocenters. The summed E-state index contributed by atoms with van der Waals surface area (Å²) in [6, 6.07) is 4.52. The topological polar surface area (TPSA) is 61.0 Å². The van der Waals surface area contributed by atoms with Crippen LogP contribution in [0.3, 0.4) is 0 Å². The summed E-state index contributed by atoms with van der Waals surface area (Å²) in [5, 5.41) is 0.